The molecule has 0 unspecified atom stereocenters. The fourth-order valence-electron chi connectivity index (χ4n) is 1.59. The molecule has 0 heterocycles. The van der Waals surface area contributed by atoms with Crippen molar-refractivity contribution in [2.45, 2.75) is 4.90 Å². The second-order valence-corrected chi connectivity index (χ2v) is 5.42. The van der Waals surface area contributed by atoms with Crippen LogP contribution in [0.3, 0.4) is 0 Å². The van der Waals surface area contributed by atoms with E-state index in [2.05, 4.69) is 0 Å². The first-order valence-corrected chi connectivity index (χ1v) is 7.03. The number of carbonyl (C=O) groups excluding carboxylic acids is 2. The molecule has 0 fully saturated rings. The zero-order valence-corrected chi connectivity index (χ0v) is 11.3. The Kier molecular flexibility index (Phi) is 4.15. The van der Waals surface area contributed by atoms with Gasteiger partial charge in [0.25, 0.3) is 10.1 Å². The van der Waals surface area contributed by atoms with E-state index < -0.39 is 10.1 Å². The Bertz CT molecular complexity index is 751. The summed E-state index contributed by atoms with van der Waals surface area (Å²) >= 11 is 0. The molecule has 0 aliphatic carbocycles. The number of hydrogen-bond donors (Lipinski definition) is 1. The molecule has 2 rings (SSSR count). The molecule has 1 N–H and O–H groups in total. The van der Waals surface area contributed by atoms with Crippen LogP contribution < -0.4 is 4.74 Å². The molecule has 106 valence electrons. The highest BCUT2D eigenvalue weighted by atomic mass is 32.2. The fraction of sp³-hybridized carbons (Fsp3) is 0. The lowest BCUT2D eigenvalue weighted by Gasteiger charge is -2.07. The average molecular weight is 304 g/mol. The molecule has 2 aromatic carbocycles. The number of rotatable bonds is 5. The maximum Gasteiger partial charge on any atom is 0.294 e. The van der Waals surface area contributed by atoms with Crippen LogP contribution in [0.4, 0.5) is 0 Å². The minimum absolute atomic E-state index is 0.125. The Morgan fingerprint density at radius 3 is 1.81 bits per heavy atom. The summed E-state index contributed by atoms with van der Waals surface area (Å²) in [5.74, 6) is 0.469. The third-order valence-corrected chi connectivity index (χ3v) is 3.37. The predicted octanol–water partition coefficient (Wildman–Crippen LogP) is 1.64. The highest BCUT2D eigenvalue weighted by molar-refractivity contribution is 7.85. The molecule has 21 heavy (non-hydrogen) atoms. The van der Waals surface area contributed by atoms with E-state index in [-0.39, 0.29) is 27.5 Å². The van der Waals surface area contributed by atoms with Crippen molar-refractivity contribution >= 4 is 22.7 Å². The summed E-state index contributed by atoms with van der Waals surface area (Å²) in [6, 6.07) is 9.00. The molecular formula is C14H8O6S. The minimum atomic E-state index is -4.27. The third kappa shape index (κ3) is 3.74. The van der Waals surface area contributed by atoms with Crippen LogP contribution in [-0.4, -0.2) is 25.5 Å². The van der Waals surface area contributed by atoms with E-state index in [0.29, 0.717) is 0 Å². The smallest absolute Gasteiger partial charge is 0.294 e. The molecule has 0 amide bonds. The van der Waals surface area contributed by atoms with Crippen molar-refractivity contribution in [3.05, 3.63) is 53.6 Å². The summed E-state index contributed by atoms with van der Waals surface area (Å²) in [4.78, 5) is 21.0. The Labute approximate surface area is 120 Å². The van der Waals surface area contributed by atoms with Gasteiger partial charge in [-0.05, 0) is 42.5 Å². The molecule has 2 aromatic rings. The molecule has 2 radical (unpaired) electrons. The molecule has 0 saturated heterocycles. The van der Waals surface area contributed by atoms with Crippen molar-refractivity contribution in [2.24, 2.45) is 0 Å². The van der Waals surface area contributed by atoms with E-state index in [4.69, 9.17) is 9.29 Å². The van der Waals surface area contributed by atoms with E-state index in [1.54, 1.807) is 12.6 Å². The first-order chi connectivity index (χ1) is 9.92. The van der Waals surface area contributed by atoms with Crippen LogP contribution in [0.5, 0.6) is 11.5 Å². The van der Waals surface area contributed by atoms with Gasteiger partial charge in [-0.15, -0.1) is 0 Å². The highest BCUT2D eigenvalue weighted by Gasteiger charge is 2.09. The lowest BCUT2D eigenvalue weighted by Crippen LogP contribution is -1.97. The maximum absolute atomic E-state index is 10.9. The highest BCUT2D eigenvalue weighted by Crippen LogP contribution is 2.24. The lowest BCUT2D eigenvalue weighted by atomic mass is 10.1. The van der Waals surface area contributed by atoms with Crippen molar-refractivity contribution < 1.29 is 27.3 Å². The quantitative estimate of drug-likeness (QED) is 0.843. The van der Waals surface area contributed by atoms with Gasteiger partial charge in [-0.2, -0.15) is 8.42 Å². The monoisotopic (exact) mass is 304 g/mol. The molecular weight excluding hydrogens is 296 g/mol. The van der Waals surface area contributed by atoms with Gasteiger partial charge in [-0.25, -0.2) is 0 Å². The average Bonchev–Trinajstić information content (AvgIpc) is 2.46. The summed E-state index contributed by atoms with van der Waals surface area (Å²) in [6.07, 6.45) is 3.27. The van der Waals surface area contributed by atoms with Gasteiger partial charge in [-0.1, -0.05) is 0 Å². The fourth-order valence-corrected chi connectivity index (χ4v) is 2.07. The Morgan fingerprint density at radius 1 is 0.857 bits per heavy atom. The zero-order valence-electron chi connectivity index (χ0n) is 10.4. The van der Waals surface area contributed by atoms with Crippen LogP contribution in [0.25, 0.3) is 0 Å². The summed E-state index contributed by atoms with van der Waals surface area (Å²) in [5.41, 5.74) is 0.251. The molecule has 0 atom stereocenters. The second kappa shape index (κ2) is 5.86. The molecule has 0 aliphatic heterocycles. The minimum Gasteiger partial charge on any atom is -0.457 e. The largest absolute Gasteiger partial charge is 0.457 e. The van der Waals surface area contributed by atoms with E-state index in [1.165, 1.54) is 30.3 Å². The Morgan fingerprint density at radius 2 is 1.38 bits per heavy atom. The maximum atomic E-state index is 10.9. The van der Waals surface area contributed by atoms with Crippen LogP contribution in [0, 0.1) is 0 Å². The zero-order chi connectivity index (χ0) is 15.5. The number of hydrogen-bond acceptors (Lipinski definition) is 5. The summed E-state index contributed by atoms with van der Waals surface area (Å²) < 4.78 is 36.0. The van der Waals surface area contributed by atoms with E-state index in [9.17, 15) is 18.0 Å². The molecule has 0 saturated carbocycles. The third-order valence-electron chi connectivity index (χ3n) is 2.50. The van der Waals surface area contributed by atoms with Crippen molar-refractivity contribution in [2.75, 3.05) is 0 Å². The van der Waals surface area contributed by atoms with Crippen LogP contribution in [0.2, 0.25) is 0 Å². The van der Waals surface area contributed by atoms with Gasteiger partial charge in [0.15, 0.2) is 0 Å². The Hall–Kier alpha value is -2.51. The summed E-state index contributed by atoms with van der Waals surface area (Å²) in [6.45, 7) is 0. The predicted molar refractivity (Wildman–Crippen MR) is 72.4 cm³/mol. The standard InChI is InChI=1S/C14H8O6S/c15-8-10-5-11(9-16)7-13(6-10)20-12-1-3-14(4-2-12)21(17,18)19/h1-7H,(H,17,18,19). The first kappa shape index (κ1) is 14.9. The topological polar surface area (TPSA) is 97.7 Å². The van der Waals surface area contributed by atoms with E-state index in [1.807, 2.05) is 0 Å². The first-order valence-electron chi connectivity index (χ1n) is 5.59. The van der Waals surface area contributed by atoms with Crippen molar-refractivity contribution in [1.29, 1.82) is 0 Å². The van der Waals surface area contributed by atoms with Crippen LogP contribution >= 0.6 is 0 Å². The second-order valence-electron chi connectivity index (χ2n) is 4.00. The van der Waals surface area contributed by atoms with Gasteiger partial charge in [-0.3, -0.25) is 14.1 Å². The van der Waals surface area contributed by atoms with Crippen molar-refractivity contribution in [1.82, 2.24) is 0 Å². The number of benzene rings is 2. The molecule has 0 aromatic heterocycles. The van der Waals surface area contributed by atoms with E-state index >= 15 is 0 Å². The summed E-state index contributed by atoms with van der Waals surface area (Å²) in [7, 11) is -4.27. The SMILES string of the molecule is O=[C]c1cc([C]=O)cc(Oc2ccc(S(=O)(=O)O)cc2)c1. The van der Waals surface area contributed by atoms with Crippen LogP contribution in [0.1, 0.15) is 11.1 Å². The lowest BCUT2D eigenvalue weighted by molar-refractivity contribution is 0.477. The molecule has 0 aliphatic rings. The van der Waals surface area contributed by atoms with Gasteiger partial charge in [0.05, 0.1) is 4.90 Å². The van der Waals surface area contributed by atoms with Crippen molar-refractivity contribution in [3.8, 4) is 11.5 Å². The molecule has 0 bridgehead atoms. The van der Waals surface area contributed by atoms with Gasteiger partial charge in [0, 0.05) is 11.1 Å². The van der Waals surface area contributed by atoms with Gasteiger partial charge < -0.3 is 4.74 Å². The van der Waals surface area contributed by atoms with Gasteiger partial charge >= 0.3 is 0 Å². The molecule has 6 nitrogen and oxygen atoms in total. The van der Waals surface area contributed by atoms with Crippen LogP contribution in [-0.2, 0) is 19.7 Å². The normalized spacial score (nSPS) is 10.9. The van der Waals surface area contributed by atoms with Gasteiger partial charge in [0.2, 0.25) is 12.6 Å². The molecule has 0 spiro atoms. The number of ether oxygens (including phenoxy) is 1. The van der Waals surface area contributed by atoms with Crippen molar-refractivity contribution in [3.63, 3.8) is 0 Å². The Balaban J connectivity index is 2.29. The van der Waals surface area contributed by atoms with E-state index in [0.717, 1.165) is 12.1 Å². The van der Waals surface area contributed by atoms with Gasteiger partial charge in [0.1, 0.15) is 11.5 Å². The van der Waals surface area contributed by atoms with Crippen LogP contribution in [0.15, 0.2) is 47.4 Å². The molecule has 7 heteroatoms. The summed E-state index contributed by atoms with van der Waals surface area (Å²) in [5, 5.41) is 0.